The Morgan fingerprint density at radius 1 is 0.909 bits per heavy atom. The first-order chi connectivity index (χ1) is 10.1. The van der Waals surface area contributed by atoms with Gasteiger partial charge < -0.3 is 18.0 Å². The van der Waals surface area contributed by atoms with Gasteiger partial charge in [-0.1, -0.05) is 0 Å². The molecule has 0 fully saturated rings. The van der Waals surface area contributed by atoms with E-state index in [2.05, 4.69) is 4.74 Å². The molecule has 0 aliphatic carbocycles. The molecule has 0 aromatic heterocycles. The zero-order valence-electron chi connectivity index (χ0n) is 12.1. The molecule has 0 saturated carbocycles. The predicted molar refractivity (Wildman–Crippen MR) is 64.4 cm³/mol. The second-order valence-corrected chi connectivity index (χ2v) is 4.74. The molecule has 0 aliphatic heterocycles. The molecular weight excluding hydrogens is 345 g/mol. The van der Waals surface area contributed by atoms with Crippen molar-refractivity contribution in [2.45, 2.75) is 33.3 Å². The van der Waals surface area contributed by atoms with Gasteiger partial charge in [0, 0.05) is 19.8 Å². The lowest BCUT2D eigenvalue weighted by Crippen LogP contribution is -2.27. The highest BCUT2D eigenvalue weighted by Gasteiger charge is 2.43. The molecule has 0 N–H and O–H groups in total. The molecule has 12 heteroatoms. The van der Waals surface area contributed by atoms with E-state index in [0.29, 0.717) is 19.8 Å². The van der Waals surface area contributed by atoms with Crippen LogP contribution < -0.4 is 0 Å². The minimum Gasteiger partial charge on any atom is -0.423 e. The Morgan fingerprint density at radius 2 is 1.27 bits per heavy atom. The Hall–Kier alpha value is -0.853. The molecule has 0 aromatic rings. The van der Waals surface area contributed by atoms with Crippen LogP contribution in [0.1, 0.15) is 20.8 Å². The first kappa shape index (κ1) is 23.4. The molecule has 0 amide bonds. The summed E-state index contributed by atoms with van der Waals surface area (Å²) in [5.41, 5.74) is 0. The minimum atomic E-state index is -5.52. The molecule has 4 nitrogen and oxygen atoms in total. The van der Waals surface area contributed by atoms with Crippen LogP contribution >= 0.6 is 0 Å². The third-order valence-corrected chi connectivity index (χ3v) is 3.34. The number of alkyl halides is 4. The monoisotopic (exact) mass is 362 g/mol. The van der Waals surface area contributed by atoms with Crippen molar-refractivity contribution in [3.63, 3.8) is 0 Å². The van der Waals surface area contributed by atoms with Crippen molar-refractivity contribution in [1.82, 2.24) is 0 Å². The van der Waals surface area contributed by atoms with Crippen molar-refractivity contribution in [3.8, 4) is 0 Å². The Balaban J connectivity index is 0. The van der Waals surface area contributed by atoms with Gasteiger partial charge in [-0.25, -0.2) is 0 Å². The first-order valence-corrected chi connectivity index (χ1v) is 7.44. The van der Waals surface area contributed by atoms with Crippen molar-refractivity contribution in [1.29, 1.82) is 0 Å². The van der Waals surface area contributed by atoms with Crippen LogP contribution in [0.4, 0.5) is 30.7 Å². The number of ether oxygens (including phenoxy) is 1. The van der Waals surface area contributed by atoms with Gasteiger partial charge in [-0.15, -0.1) is 0 Å². The third-order valence-electron chi connectivity index (χ3n) is 1.52. The summed E-state index contributed by atoms with van der Waals surface area (Å²) in [6, 6.07) is -2.88. The molecule has 0 aromatic carbocycles. The largest absolute Gasteiger partial charge is 0.484 e. The smallest absolute Gasteiger partial charge is 0.423 e. The number of hydrogen-bond acceptors (Lipinski definition) is 4. The van der Waals surface area contributed by atoms with Gasteiger partial charge >= 0.3 is 34.2 Å². The number of hydrogen-bond donors (Lipinski definition) is 0. The maximum Gasteiger partial charge on any atom is 0.484 e. The Labute approximate surface area is 124 Å². The van der Waals surface area contributed by atoms with Crippen molar-refractivity contribution >= 4 is 9.53 Å². The molecule has 0 aliphatic rings. The zero-order valence-corrected chi connectivity index (χ0v) is 13.2. The van der Waals surface area contributed by atoms with E-state index in [4.69, 9.17) is 13.3 Å². The SMILES string of the molecule is CCO[SiH](OCC)OCC.FC(F)=C(F)OC(F)C(F)(F)F. The van der Waals surface area contributed by atoms with Gasteiger partial charge in [0.05, 0.1) is 0 Å². The van der Waals surface area contributed by atoms with E-state index in [-0.39, 0.29) is 0 Å². The fourth-order valence-corrected chi connectivity index (χ4v) is 1.86. The summed E-state index contributed by atoms with van der Waals surface area (Å²) >= 11 is 0. The van der Waals surface area contributed by atoms with Crippen molar-refractivity contribution in [2.24, 2.45) is 0 Å². The minimum absolute atomic E-state index is 0.677. The van der Waals surface area contributed by atoms with Crippen LogP contribution in [0, 0.1) is 0 Å². The van der Waals surface area contributed by atoms with Crippen LogP contribution in [-0.2, 0) is 18.0 Å². The van der Waals surface area contributed by atoms with Gasteiger partial charge in [0.1, 0.15) is 0 Å². The molecule has 1 unspecified atom stereocenters. The van der Waals surface area contributed by atoms with E-state index < -0.39 is 34.2 Å². The average molecular weight is 362 g/mol. The average Bonchev–Trinajstić information content (AvgIpc) is 2.39. The van der Waals surface area contributed by atoms with E-state index in [9.17, 15) is 30.7 Å². The molecule has 0 saturated heterocycles. The van der Waals surface area contributed by atoms with E-state index in [1.807, 2.05) is 20.8 Å². The standard InChI is InChI=1S/C6H16O3Si.C4HF7O/c1-4-7-10(8-5-2)9-6-3;5-1(6)2(7)12-3(8)4(9,10)11/h10H,4-6H2,1-3H3;3H. The second kappa shape index (κ2) is 12.7. The number of halogens is 7. The zero-order chi connectivity index (χ0) is 17.8. The maximum absolute atomic E-state index is 11.6. The van der Waals surface area contributed by atoms with Gasteiger partial charge in [0.2, 0.25) is 0 Å². The summed E-state index contributed by atoms with van der Waals surface area (Å²) in [6.07, 6.45) is -12.8. The molecule has 0 heterocycles. The molecule has 0 radical (unpaired) electrons. The highest BCUT2D eigenvalue weighted by Crippen LogP contribution is 2.27. The molecule has 0 bridgehead atoms. The summed E-state index contributed by atoms with van der Waals surface area (Å²) in [5, 5.41) is 0. The van der Waals surface area contributed by atoms with Crippen LogP contribution in [0.3, 0.4) is 0 Å². The lowest BCUT2D eigenvalue weighted by molar-refractivity contribution is -0.259. The molecule has 22 heavy (non-hydrogen) atoms. The molecule has 134 valence electrons. The van der Waals surface area contributed by atoms with Gasteiger partial charge in [-0.05, 0) is 20.8 Å². The fourth-order valence-electron chi connectivity index (χ4n) is 0.755. The van der Waals surface area contributed by atoms with Crippen LogP contribution in [-0.4, -0.2) is 41.9 Å². The van der Waals surface area contributed by atoms with Gasteiger partial charge in [-0.3, -0.25) is 0 Å². The van der Waals surface area contributed by atoms with Crippen molar-refractivity contribution in [2.75, 3.05) is 19.8 Å². The third kappa shape index (κ3) is 12.9. The molecule has 0 spiro atoms. The fraction of sp³-hybridized carbons (Fsp3) is 0.800. The van der Waals surface area contributed by atoms with Crippen LogP contribution in [0.2, 0.25) is 0 Å². The van der Waals surface area contributed by atoms with Crippen LogP contribution in [0.15, 0.2) is 12.1 Å². The Morgan fingerprint density at radius 3 is 1.50 bits per heavy atom. The first-order valence-electron chi connectivity index (χ1n) is 6.03. The van der Waals surface area contributed by atoms with Gasteiger partial charge in [0.25, 0.3) is 0 Å². The summed E-state index contributed by atoms with van der Waals surface area (Å²) in [5.74, 6) is 0. The Kier molecular flexibility index (Phi) is 13.5. The quantitative estimate of drug-likeness (QED) is 0.375. The summed E-state index contributed by atoms with van der Waals surface area (Å²) in [7, 11) is -1.73. The van der Waals surface area contributed by atoms with Crippen LogP contribution in [0.25, 0.3) is 0 Å². The van der Waals surface area contributed by atoms with Gasteiger partial charge in [0.15, 0.2) is 0 Å². The van der Waals surface area contributed by atoms with Crippen molar-refractivity contribution in [3.05, 3.63) is 12.1 Å². The highest BCUT2D eigenvalue weighted by atomic mass is 28.3. The summed E-state index contributed by atoms with van der Waals surface area (Å²) in [6.45, 7) is 7.86. The van der Waals surface area contributed by atoms with Crippen molar-refractivity contribution < 1.29 is 48.7 Å². The highest BCUT2D eigenvalue weighted by molar-refractivity contribution is 6.36. The van der Waals surface area contributed by atoms with Crippen LogP contribution in [0.5, 0.6) is 0 Å². The lowest BCUT2D eigenvalue weighted by atomic mass is 10.6. The van der Waals surface area contributed by atoms with E-state index >= 15 is 0 Å². The maximum atomic E-state index is 11.6. The molecule has 1 atom stereocenters. The lowest BCUT2D eigenvalue weighted by Gasteiger charge is -2.12. The normalized spacial score (nSPS) is 12.5. The van der Waals surface area contributed by atoms with E-state index in [1.165, 1.54) is 0 Å². The van der Waals surface area contributed by atoms with E-state index in [1.54, 1.807) is 0 Å². The molecular formula is C10H17F7O4Si. The number of rotatable bonds is 8. The van der Waals surface area contributed by atoms with E-state index in [0.717, 1.165) is 0 Å². The summed E-state index contributed by atoms with van der Waals surface area (Å²) in [4.78, 5) is 0. The second-order valence-electron chi connectivity index (χ2n) is 3.16. The topological polar surface area (TPSA) is 36.9 Å². The summed E-state index contributed by atoms with van der Waals surface area (Å²) < 4.78 is 96.7. The molecule has 0 rings (SSSR count). The predicted octanol–water partition coefficient (Wildman–Crippen LogP) is 3.71. The van der Waals surface area contributed by atoms with Gasteiger partial charge in [-0.2, -0.15) is 30.7 Å². The Bertz CT molecular complexity index is 296.